The average Bonchev–Trinajstić information content (AvgIpc) is 2.38. The summed E-state index contributed by atoms with van der Waals surface area (Å²) in [4.78, 5) is 10.7. The smallest absolute Gasteiger partial charge is 0.316 e. The number of urea groups is 1. The van der Waals surface area contributed by atoms with Gasteiger partial charge in [0.1, 0.15) is 0 Å². The van der Waals surface area contributed by atoms with E-state index in [2.05, 4.69) is 29.6 Å². The lowest BCUT2D eigenvalue weighted by Gasteiger charge is -2.04. The lowest BCUT2D eigenvalue weighted by Crippen LogP contribution is -2.19. The van der Waals surface area contributed by atoms with E-state index in [4.69, 9.17) is 5.73 Å². The van der Waals surface area contributed by atoms with E-state index in [1.54, 1.807) is 0 Å². The van der Waals surface area contributed by atoms with Gasteiger partial charge in [-0.15, -0.1) is 0 Å². The first-order valence-corrected chi connectivity index (χ1v) is 5.93. The number of hydrogen-bond acceptors (Lipinski definition) is 1. The molecule has 0 aliphatic heterocycles. The number of carbonyl (C=O) groups is 1. The van der Waals surface area contributed by atoms with Gasteiger partial charge in [0, 0.05) is 5.69 Å². The number of nitrogens with one attached hydrogen (secondary N) is 1. The molecule has 2 aromatic carbocycles. The van der Waals surface area contributed by atoms with E-state index in [1.807, 2.05) is 30.3 Å². The van der Waals surface area contributed by atoms with Crippen molar-refractivity contribution in [3.63, 3.8) is 0 Å². The van der Waals surface area contributed by atoms with Crippen molar-refractivity contribution in [3.8, 4) is 0 Å². The van der Waals surface area contributed by atoms with Gasteiger partial charge in [-0.1, -0.05) is 42.5 Å². The first kappa shape index (κ1) is 12.2. The third-order valence-corrected chi connectivity index (χ3v) is 2.77. The van der Waals surface area contributed by atoms with Crippen LogP contribution in [0.25, 0.3) is 0 Å². The van der Waals surface area contributed by atoms with Crippen LogP contribution in [0.15, 0.2) is 54.6 Å². The number of hydrogen-bond donors (Lipinski definition) is 2. The molecule has 2 aromatic rings. The van der Waals surface area contributed by atoms with Crippen molar-refractivity contribution in [2.75, 3.05) is 5.32 Å². The summed E-state index contributed by atoms with van der Waals surface area (Å²) in [6, 6.07) is 17.6. The Balaban J connectivity index is 1.92. The minimum Gasteiger partial charge on any atom is -0.351 e. The van der Waals surface area contributed by atoms with Crippen molar-refractivity contribution in [2.45, 2.75) is 12.8 Å². The predicted molar refractivity (Wildman–Crippen MR) is 73.5 cm³/mol. The van der Waals surface area contributed by atoms with Crippen LogP contribution in [0.1, 0.15) is 11.1 Å². The highest BCUT2D eigenvalue weighted by atomic mass is 16.2. The molecule has 0 aliphatic rings. The molecule has 0 unspecified atom stereocenters. The Labute approximate surface area is 107 Å². The summed E-state index contributed by atoms with van der Waals surface area (Å²) >= 11 is 0. The summed E-state index contributed by atoms with van der Waals surface area (Å²) in [5, 5.41) is 2.54. The van der Waals surface area contributed by atoms with Crippen molar-refractivity contribution >= 4 is 11.7 Å². The molecule has 2 amide bonds. The van der Waals surface area contributed by atoms with Crippen LogP contribution in [-0.4, -0.2) is 6.03 Å². The minimum atomic E-state index is -0.535. The summed E-state index contributed by atoms with van der Waals surface area (Å²) in [7, 11) is 0. The van der Waals surface area contributed by atoms with Crippen molar-refractivity contribution in [1.29, 1.82) is 0 Å². The molecule has 3 nitrogen and oxygen atoms in total. The summed E-state index contributed by atoms with van der Waals surface area (Å²) in [6.45, 7) is 0. The molecule has 0 spiro atoms. The van der Waals surface area contributed by atoms with Gasteiger partial charge in [-0.2, -0.15) is 0 Å². The molecule has 18 heavy (non-hydrogen) atoms. The third kappa shape index (κ3) is 3.63. The van der Waals surface area contributed by atoms with Gasteiger partial charge in [0.15, 0.2) is 0 Å². The number of benzene rings is 2. The molecule has 92 valence electrons. The molecule has 0 saturated heterocycles. The van der Waals surface area contributed by atoms with Gasteiger partial charge >= 0.3 is 6.03 Å². The second-order valence-electron chi connectivity index (χ2n) is 4.17. The van der Waals surface area contributed by atoms with Crippen molar-refractivity contribution in [1.82, 2.24) is 0 Å². The van der Waals surface area contributed by atoms with Crippen molar-refractivity contribution < 1.29 is 4.79 Å². The fourth-order valence-electron chi connectivity index (χ4n) is 1.83. The topological polar surface area (TPSA) is 55.1 Å². The highest BCUT2D eigenvalue weighted by molar-refractivity contribution is 5.87. The van der Waals surface area contributed by atoms with E-state index in [1.165, 1.54) is 11.1 Å². The molecular weight excluding hydrogens is 224 g/mol. The van der Waals surface area contributed by atoms with Crippen LogP contribution >= 0.6 is 0 Å². The Morgan fingerprint density at radius 2 is 1.44 bits per heavy atom. The van der Waals surface area contributed by atoms with Crippen LogP contribution in [0.4, 0.5) is 10.5 Å². The largest absolute Gasteiger partial charge is 0.351 e. The fraction of sp³-hybridized carbons (Fsp3) is 0.133. The number of rotatable bonds is 4. The number of aryl methyl sites for hydroxylation is 2. The van der Waals surface area contributed by atoms with Crippen LogP contribution < -0.4 is 11.1 Å². The van der Waals surface area contributed by atoms with E-state index in [0.717, 1.165) is 18.5 Å². The first-order valence-electron chi connectivity index (χ1n) is 5.93. The number of primary amides is 1. The second kappa shape index (κ2) is 5.87. The highest BCUT2D eigenvalue weighted by Crippen LogP contribution is 2.12. The Morgan fingerprint density at radius 1 is 0.889 bits per heavy atom. The Bertz CT molecular complexity index is 506. The maximum Gasteiger partial charge on any atom is 0.316 e. The van der Waals surface area contributed by atoms with Gasteiger partial charge in [-0.3, -0.25) is 0 Å². The Kier molecular flexibility index (Phi) is 3.97. The normalized spacial score (nSPS) is 10.0. The zero-order chi connectivity index (χ0) is 12.8. The standard InChI is InChI=1S/C15H16N2O/c16-15(18)17-14-10-8-13(9-11-14)7-6-12-4-2-1-3-5-12/h1-5,8-11H,6-7H2,(H3,16,17,18). The lowest BCUT2D eigenvalue weighted by atomic mass is 10.0. The van der Waals surface area contributed by atoms with Gasteiger partial charge in [-0.25, -0.2) is 4.79 Å². The molecule has 3 N–H and O–H groups in total. The van der Waals surface area contributed by atoms with E-state index in [-0.39, 0.29) is 0 Å². The minimum absolute atomic E-state index is 0.535. The first-order chi connectivity index (χ1) is 8.74. The van der Waals surface area contributed by atoms with E-state index < -0.39 is 6.03 Å². The quantitative estimate of drug-likeness (QED) is 0.848. The molecule has 0 fully saturated rings. The Morgan fingerprint density at radius 3 is 2.00 bits per heavy atom. The van der Waals surface area contributed by atoms with E-state index >= 15 is 0 Å². The SMILES string of the molecule is NC(=O)Nc1ccc(CCc2ccccc2)cc1. The van der Waals surface area contributed by atoms with Gasteiger partial charge < -0.3 is 11.1 Å². The number of nitrogens with two attached hydrogens (primary N) is 1. The van der Waals surface area contributed by atoms with Crippen LogP contribution in [0.5, 0.6) is 0 Å². The van der Waals surface area contributed by atoms with Gasteiger partial charge in [0.2, 0.25) is 0 Å². The monoisotopic (exact) mass is 240 g/mol. The predicted octanol–water partition coefficient (Wildman–Crippen LogP) is 2.96. The van der Waals surface area contributed by atoms with Gasteiger partial charge in [0.25, 0.3) is 0 Å². The third-order valence-electron chi connectivity index (χ3n) is 2.77. The van der Waals surface area contributed by atoms with Crippen LogP contribution in [0.3, 0.4) is 0 Å². The van der Waals surface area contributed by atoms with Crippen molar-refractivity contribution in [3.05, 3.63) is 65.7 Å². The van der Waals surface area contributed by atoms with Crippen LogP contribution in [0, 0.1) is 0 Å². The summed E-state index contributed by atoms with van der Waals surface area (Å²) in [5.41, 5.74) is 8.35. The molecule has 0 heterocycles. The zero-order valence-corrected chi connectivity index (χ0v) is 10.1. The molecule has 0 bridgehead atoms. The van der Waals surface area contributed by atoms with E-state index in [0.29, 0.717) is 0 Å². The number of carbonyl (C=O) groups excluding carboxylic acids is 1. The summed E-state index contributed by atoms with van der Waals surface area (Å²) < 4.78 is 0. The molecule has 0 radical (unpaired) electrons. The van der Waals surface area contributed by atoms with Gasteiger partial charge in [0.05, 0.1) is 0 Å². The summed E-state index contributed by atoms with van der Waals surface area (Å²) in [6.07, 6.45) is 2.00. The number of anilines is 1. The zero-order valence-electron chi connectivity index (χ0n) is 10.1. The maximum atomic E-state index is 10.7. The molecule has 2 rings (SSSR count). The average molecular weight is 240 g/mol. The molecular formula is C15H16N2O. The molecule has 0 atom stereocenters. The van der Waals surface area contributed by atoms with Crippen molar-refractivity contribution in [2.24, 2.45) is 5.73 Å². The summed E-state index contributed by atoms with van der Waals surface area (Å²) in [5.74, 6) is 0. The highest BCUT2D eigenvalue weighted by Gasteiger charge is 1.98. The lowest BCUT2D eigenvalue weighted by molar-refractivity contribution is 0.259. The second-order valence-corrected chi connectivity index (χ2v) is 4.17. The van der Waals surface area contributed by atoms with E-state index in [9.17, 15) is 4.79 Å². The molecule has 0 saturated carbocycles. The Hall–Kier alpha value is -2.29. The molecule has 0 aromatic heterocycles. The molecule has 3 heteroatoms. The maximum absolute atomic E-state index is 10.7. The van der Waals surface area contributed by atoms with Gasteiger partial charge in [-0.05, 0) is 36.1 Å². The van der Waals surface area contributed by atoms with Crippen LogP contribution in [0.2, 0.25) is 0 Å². The van der Waals surface area contributed by atoms with Crippen LogP contribution in [-0.2, 0) is 12.8 Å². The fourth-order valence-corrected chi connectivity index (χ4v) is 1.83. The number of amides is 2. The molecule has 0 aliphatic carbocycles.